The van der Waals surface area contributed by atoms with Crippen molar-refractivity contribution < 1.29 is 23.9 Å². The van der Waals surface area contributed by atoms with E-state index in [1.165, 1.54) is 13.2 Å². The molecule has 5 rings (SSSR count). The number of methoxy groups -OCH3 is 1. The number of rotatable bonds is 6. The number of hydrogen-bond acceptors (Lipinski definition) is 5. The lowest BCUT2D eigenvalue weighted by atomic mass is 10.0. The van der Waals surface area contributed by atoms with E-state index in [1.54, 1.807) is 24.3 Å². The van der Waals surface area contributed by atoms with Gasteiger partial charge >= 0.3 is 6.03 Å². The van der Waals surface area contributed by atoms with Crippen molar-refractivity contribution in [3.05, 3.63) is 106 Å². The first-order chi connectivity index (χ1) is 18.7. The van der Waals surface area contributed by atoms with Crippen LogP contribution in [0.5, 0.6) is 11.5 Å². The summed E-state index contributed by atoms with van der Waals surface area (Å²) in [5, 5.41) is 4.71. The Bertz CT molecular complexity index is 1680. The first kappa shape index (κ1) is 26.0. The van der Waals surface area contributed by atoms with Crippen molar-refractivity contribution >= 4 is 52.0 Å². The van der Waals surface area contributed by atoms with Crippen molar-refractivity contribution in [1.82, 2.24) is 5.32 Å². The van der Waals surface area contributed by atoms with Gasteiger partial charge in [-0.15, -0.1) is 0 Å². The summed E-state index contributed by atoms with van der Waals surface area (Å²) in [5.41, 5.74) is 3.47. The highest BCUT2D eigenvalue weighted by molar-refractivity contribution is 6.39. The summed E-state index contributed by atoms with van der Waals surface area (Å²) in [7, 11) is 1.48. The molecule has 4 amide bonds. The number of hydrogen-bond donors (Lipinski definition) is 1. The molecule has 0 aliphatic carbocycles. The summed E-state index contributed by atoms with van der Waals surface area (Å²) >= 11 is 6.56. The maximum Gasteiger partial charge on any atom is 0.335 e. The summed E-state index contributed by atoms with van der Waals surface area (Å²) in [6, 6.07) is 21.7. The number of nitrogens with zero attached hydrogens (tertiary/aromatic N) is 1. The van der Waals surface area contributed by atoms with E-state index in [0.29, 0.717) is 22.7 Å². The zero-order valence-electron chi connectivity index (χ0n) is 21.6. The van der Waals surface area contributed by atoms with Gasteiger partial charge in [-0.05, 0) is 83.3 Å². The van der Waals surface area contributed by atoms with Crippen molar-refractivity contribution in [2.75, 3.05) is 12.0 Å². The number of aryl methyl sites for hydroxylation is 2. The van der Waals surface area contributed by atoms with Crippen molar-refractivity contribution in [2.45, 2.75) is 20.5 Å². The molecule has 0 atom stereocenters. The average molecular weight is 541 g/mol. The minimum absolute atomic E-state index is 0.212. The molecule has 1 saturated heterocycles. The zero-order chi connectivity index (χ0) is 27.7. The number of imide groups is 2. The van der Waals surface area contributed by atoms with Gasteiger partial charge < -0.3 is 9.47 Å². The molecule has 0 bridgehead atoms. The third kappa shape index (κ3) is 5.22. The highest BCUT2D eigenvalue weighted by atomic mass is 35.5. The van der Waals surface area contributed by atoms with Gasteiger partial charge in [-0.2, -0.15) is 0 Å². The van der Waals surface area contributed by atoms with E-state index in [4.69, 9.17) is 21.1 Å². The standard InChI is InChI=1S/C31H25ClN2O5/c1-18-8-11-24(12-19(18)2)34-30(36)25(29(35)33-31(34)37)14-21-15-26(32)28(27(16-21)38-3)39-17-20-9-10-22-6-4-5-7-23(22)13-20/h4-16H,17H2,1-3H3,(H,33,35,37)/b25-14+. The van der Waals surface area contributed by atoms with Crippen LogP contribution >= 0.6 is 11.6 Å². The van der Waals surface area contributed by atoms with Crippen LogP contribution in [0.2, 0.25) is 5.02 Å². The number of anilines is 1. The second-order valence-corrected chi connectivity index (χ2v) is 9.64. The van der Waals surface area contributed by atoms with Gasteiger partial charge in [0.1, 0.15) is 12.2 Å². The van der Waals surface area contributed by atoms with Gasteiger partial charge in [-0.1, -0.05) is 54.1 Å². The minimum atomic E-state index is -0.807. The highest BCUT2D eigenvalue weighted by Gasteiger charge is 2.37. The molecule has 0 saturated carbocycles. The Morgan fingerprint density at radius 1 is 0.897 bits per heavy atom. The Morgan fingerprint density at radius 3 is 2.41 bits per heavy atom. The van der Waals surface area contributed by atoms with Gasteiger partial charge in [0, 0.05) is 0 Å². The maximum atomic E-state index is 13.3. The van der Waals surface area contributed by atoms with Crippen LogP contribution in [-0.2, 0) is 16.2 Å². The maximum absolute atomic E-state index is 13.3. The number of barbiturate groups is 1. The molecule has 7 nitrogen and oxygen atoms in total. The number of halogens is 1. The molecule has 1 N–H and O–H groups in total. The number of amides is 4. The summed E-state index contributed by atoms with van der Waals surface area (Å²) < 4.78 is 11.5. The van der Waals surface area contributed by atoms with E-state index in [1.807, 2.05) is 62.4 Å². The van der Waals surface area contributed by atoms with E-state index in [9.17, 15) is 14.4 Å². The largest absolute Gasteiger partial charge is 0.493 e. The molecular weight excluding hydrogens is 516 g/mol. The summed E-state index contributed by atoms with van der Waals surface area (Å²) in [6.07, 6.45) is 1.37. The molecule has 1 aliphatic heterocycles. The molecule has 0 spiro atoms. The fourth-order valence-corrected chi connectivity index (χ4v) is 4.64. The first-order valence-electron chi connectivity index (χ1n) is 12.2. The normalized spacial score (nSPS) is 14.6. The van der Waals surface area contributed by atoms with E-state index >= 15 is 0 Å². The van der Waals surface area contributed by atoms with Crippen molar-refractivity contribution in [3.8, 4) is 11.5 Å². The number of benzene rings is 4. The molecule has 39 heavy (non-hydrogen) atoms. The van der Waals surface area contributed by atoms with Crippen LogP contribution in [0.3, 0.4) is 0 Å². The Hall–Kier alpha value is -4.62. The lowest BCUT2D eigenvalue weighted by Gasteiger charge is -2.27. The number of fused-ring (bicyclic) bond motifs is 1. The van der Waals surface area contributed by atoms with Crippen LogP contribution < -0.4 is 19.7 Å². The minimum Gasteiger partial charge on any atom is -0.493 e. The first-order valence-corrected chi connectivity index (χ1v) is 12.6. The fourth-order valence-electron chi connectivity index (χ4n) is 4.37. The van der Waals surface area contributed by atoms with E-state index in [0.717, 1.165) is 32.4 Å². The Kier molecular flexibility index (Phi) is 7.09. The molecular formula is C31H25ClN2O5. The second-order valence-electron chi connectivity index (χ2n) is 9.23. The topological polar surface area (TPSA) is 84.9 Å². The molecule has 1 aliphatic rings. The van der Waals surface area contributed by atoms with Crippen LogP contribution in [0, 0.1) is 13.8 Å². The second kappa shape index (κ2) is 10.6. The SMILES string of the molecule is COc1cc(/C=C2\C(=O)NC(=O)N(c3ccc(C)c(C)c3)C2=O)cc(Cl)c1OCc1ccc2ccccc2c1. The van der Waals surface area contributed by atoms with Gasteiger partial charge in [0.15, 0.2) is 11.5 Å². The van der Waals surface area contributed by atoms with Crippen LogP contribution in [0.4, 0.5) is 10.5 Å². The number of ether oxygens (including phenoxy) is 2. The molecule has 4 aromatic carbocycles. The van der Waals surface area contributed by atoms with E-state index in [2.05, 4.69) is 5.32 Å². The number of nitrogens with one attached hydrogen (secondary N) is 1. The van der Waals surface area contributed by atoms with Gasteiger partial charge in [0.25, 0.3) is 11.8 Å². The highest BCUT2D eigenvalue weighted by Crippen LogP contribution is 2.38. The summed E-state index contributed by atoms with van der Waals surface area (Å²) in [4.78, 5) is 39.4. The molecule has 0 unspecified atom stereocenters. The van der Waals surface area contributed by atoms with Crippen LogP contribution in [0.1, 0.15) is 22.3 Å². The Morgan fingerprint density at radius 2 is 1.67 bits per heavy atom. The average Bonchev–Trinajstić information content (AvgIpc) is 2.92. The zero-order valence-corrected chi connectivity index (χ0v) is 22.3. The van der Waals surface area contributed by atoms with Crippen LogP contribution in [-0.4, -0.2) is 25.0 Å². The predicted molar refractivity (Wildman–Crippen MR) is 151 cm³/mol. The lowest BCUT2D eigenvalue weighted by Crippen LogP contribution is -2.54. The smallest absolute Gasteiger partial charge is 0.335 e. The van der Waals surface area contributed by atoms with Crippen molar-refractivity contribution in [3.63, 3.8) is 0 Å². The van der Waals surface area contributed by atoms with Gasteiger partial charge in [0.05, 0.1) is 17.8 Å². The molecule has 1 heterocycles. The van der Waals surface area contributed by atoms with Gasteiger partial charge in [-0.25, -0.2) is 9.69 Å². The quantitative estimate of drug-likeness (QED) is 0.227. The molecule has 196 valence electrons. The van der Waals surface area contributed by atoms with Crippen molar-refractivity contribution in [2.24, 2.45) is 0 Å². The van der Waals surface area contributed by atoms with Gasteiger partial charge in [0.2, 0.25) is 0 Å². The van der Waals surface area contributed by atoms with Gasteiger partial charge in [-0.3, -0.25) is 14.9 Å². The van der Waals surface area contributed by atoms with E-state index in [-0.39, 0.29) is 17.2 Å². The Labute approximate surface area is 230 Å². The third-order valence-corrected chi connectivity index (χ3v) is 6.89. The van der Waals surface area contributed by atoms with E-state index < -0.39 is 17.8 Å². The molecule has 0 aromatic heterocycles. The Balaban J connectivity index is 1.42. The van der Waals surface area contributed by atoms with Crippen molar-refractivity contribution in [1.29, 1.82) is 0 Å². The molecule has 0 radical (unpaired) electrons. The predicted octanol–water partition coefficient (Wildman–Crippen LogP) is 6.36. The molecule has 4 aromatic rings. The fraction of sp³-hybridized carbons (Fsp3) is 0.129. The molecule has 1 fully saturated rings. The number of carbonyl (C=O) groups excluding carboxylic acids is 3. The molecule has 8 heteroatoms. The van der Waals surface area contributed by atoms with Crippen LogP contribution in [0.15, 0.2) is 78.4 Å². The number of carbonyl (C=O) groups is 3. The third-order valence-electron chi connectivity index (χ3n) is 6.61. The number of urea groups is 1. The lowest BCUT2D eigenvalue weighted by molar-refractivity contribution is -0.122. The summed E-state index contributed by atoms with van der Waals surface area (Å²) in [5.74, 6) is -0.864. The van der Waals surface area contributed by atoms with Crippen LogP contribution in [0.25, 0.3) is 16.8 Å². The monoisotopic (exact) mass is 540 g/mol. The summed E-state index contributed by atoms with van der Waals surface area (Å²) in [6.45, 7) is 4.07.